The number of nitrogens with one attached hydrogen (secondary N) is 2. The van der Waals surface area contributed by atoms with Crippen molar-refractivity contribution in [2.24, 2.45) is 0 Å². The summed E-state index contributed by atoms with van der Waals surface area (Å²) >= 11 is 3.43. The molecule has 0 aromatic heterocycles. The molecule has 6 heteroatoms. The van der Waals surface area contributed by atoms with Crippen molar-refractivity contribution >= 4 is 27.7 Å². The third-order valence-electron chi connectivity index (χ3n) is 3.98. The van der Waals surface area contributed by atoms with Gasteiger partial charge in [-0.25, -0.2) is 0 Å². The number of fused-ring (bicyclic) bond motifs is 1. The van der Waals surface area contributed by atoms with Crippen LogP contribution < -0.4 is 10.6 Å². The van der Waals surface area contributed by atoms with E-state index in [9.17, 15) is 9.59 Å². The zero-order valence-electron chi connectivity index (χ0n) is 11.7. The molecule has 3 rings (SSSR count). The molecule has 0 unspecified atom stereocenters. The molecule has 112 valence electrons. The highest BCUT2D eigenvalue weighted by Crippen LogP contribution is 2.25. The molecular weight excluding hydrogens is 334 g/mol. The Kier molecular flexibility index (Phi) is 4.26. The number of hydrogen-bond donors (Lipinski definition) is 2. The highest BCUT2D eigenvalue weighted by atomic mass is 79.9. The van der Waals surface area contributed by atoms with Crippen LogP contribution in [-0.4, -0.2) is 42.4 Å². The molecule has 1 atom stereocenters. The minimum absolute atomic E-state index is 0.105. The summed E-state index contributed by atoms with van der Waals surface area (Å²) in [7, 11) is 0. The van der Waals surface area contributed by atoms with Crippen LogP contribution in [0.5, 0.6) is 0 Å². The second-order valence-corrected chi connectivity index (χ2v) is 6.45. The highest BCUT2D eigenvalue weighted by Gasteiger charge is 2.27. The molecule has 0 bridgehead atoms. The van der Waals surface area contributed by atoms with Gasteiger partial charge < -0.3 is 15.5 Å². The molecule has 0 spiro atoms. The third kappa shape index (κ3) is 3.27. The second kappa shape index (κ2) is 6.15. The van der Waals surface area contributed by atoms with E-state index in [-0.39, 0.29) is 17.9 Å². The number of hydrogen-bond acceptors (Lipinski definition) is 3. The van der Waals surface area contributed by atoms with Gasteiger partial charge in [0.1, 0.15) is 0 Å². The van der Waals surface area contributed by atoms with Crippen LogP contribution in [0.1, 0.15) is 28.8 Å². The van der Waals surface area contributed by atoms with Gasteiger partial charge in [-0.05, 0) is 30.2 Å². The quantitative estimate of drug-likeness (QED) is 0.785. The van der Waals surface area contributed by atoms with Crippen LogP contribution in [0.4, 0.5) is 0 Å². The smallest absolute Gasteiger partial charge is 0.254 e. The van der Waals surface area contributed by atoms with E-state index in [4.69, 9.17) is 0 Å². The lowest BCUT2D eigenvalue weighted by Crippen LogP contribution is -2.39. The first-order chi connectivity index (χ1) is 10.1. The van der Waals surface area contributed by atoms with Crippen molar-refractivity contribution in [3.05, 3.63) is 33.8 Å². The molecule has 5 nitrogen and oxygen atoms in total. The molecule has 1 aromatic carbocycles. The Hall–Kier alpha value is -1.40. The maximum atomic E-state index is 12.2. The number of carbonyl (C=O) groups excluding carboxylic acids is 2. The van der Waals surface area contributed by atoms with Gasteiger partial charge in [-0.3, -0.25) is 9.59 Å². The first kappa shape index (κ1) is 14.5. The van der Waals surface area contributed by atoms with Gasteiger partial charge in [0.05, 0.1) is 0 Å². The SMILES string of the molecule is O=C1CC[C@@H](CNCCN2Cc3cc(Br)ccc3C2=O)N1. The molecular formula is C15H18BrN3O2. The van der Waals surface area contributed by atoms with Gasteiger partial charge in [0.2, 0.25) is 5.91 Å². The highest BCUT2D eigenvalue weighted by molar-refractivity contribution is 9.10. The lowest BCUT2D eigenvalue weighted by atomic mass is 10.1. The second-order valence-electron chi connectivity index (χ2n) is 5.54. The fourth-order valence-corrected chi connectivity index (χ4v) is 3.26. The minimum Gasteiger partial charge on any atom is -0.352 e. The van der Waals surface area contributed by atoms with E-state index in [1.54, 1.807) is 0 Å². The largest absolute Gasteiger partial charge is 0.352 e. The van der Waals surface area contributed by atoms with E-state index < -0.39 is 0 Å². The fraction of sp³-hybridized carbons (Fsp3) is 0.467. The summed E-state index contributed by atoms with van der Waals surface area (Å²) in [4.78, 5) is 25.2. The molecule has 0 saturated carbocycles. The lowest BCUT2D eigenvalue weighted by Gasteiger charge is -2.17. The minimum atomic E-state index is 0.105. The van der Waals surface area contributed by atoms with Crippen LogP contribution in [0, 0.1) is 0 Å². The van der Waals surface area contributed by atoms with Gasteiger partial charge in [-0.15, -0.1) is 0 Å². The summed E-state index contributed by atoms with van der Waals surface area (Å²) < 4.78 is 1.01. The van der Waals surface area contributed by atoms with Crippen LogP contribution in [0.3, 0.4) is 0 Å². The zero-order valence-corrected chi connectivity index (χ0v) is 13.3. The zero-order chi connectivity index (χ0) is 14.8. The van der Waals surface area contributed by atoms with Crippen LogP contribution in [-0.2, 0) is 11.3 Å². The fourth-order valence-electron chi connectivity index (χ4n) is 2.85. The first-order valence-electron chi connectivity index (χ1n) is 7.21. The molecule has 1 fully saturated rings. The molecule has 2 N–H and O–H groups in total. The van der Waals surface area contributed by atoms with E-state index in [0.29, 0.717) is 19.5 Å². The average Bonchev–Trinajstić information content (AvgIpc) is 2.99. The molecule has 0 radical (unpaired) electrons. The van der Waals surface area contributed by atoms with Crippen molar-refractivity contribution in [3.8, 4) is 0 Å². The number of halogens is 1. The van der Waals surface area contributed by atoms with Gasteiger partial charge >= 0.3 is 0 Å². The predicted octanol–water partition coefficient (Wildman–Crippen LogP) is 1.27. The maximum Gasteiger partial charge on any atom is 0.254 e. The third-order valence-corrected chi connectivity index (χ3v) is 4.47. The number of amides is 2. The van der Waals surface area contributed by atoms with Crippen molar-refractivity contribution in [1.82, 2.24) is 15.5 Å². The van der Waals surface area contributed by atoms with Crippen molar-refractivity contribution in [3.63, 3.8) is 0 Å². The van der Waals surface area contributed by atoms with E-state index in [2.05, 4.69) is 26.6 Å². The van der Waals surface area contributed by atoms with Crippen LogP contribution in [0.15, 0.2) is 22.7 Å². The summed E-state index contributed by atoms with van der Waals surface area (Å²) in [5.74, 6) is 0.242. The standard InChI is InChI=1S/C15H18BrN3O2/c16-11-1-3-13-10(7-11)9-19(15(13)21)6-5-17-8-12-2-4-14(20)18-12/h1,3,7,12,17H,2,4-6,8-9H2,(H,18,20)/t12-/m0/s1. The van der Waals surface area contributed by atoms with Gasteiger partial charge in [0, 0.05) is 48.7 Å². The molecule has 2 heterocycles. The van der Waals surface area contributed by atoms with Crippen molar-refractivity contribution in [2.75, 3.05) is 19.6 Å². The first-order valence-corrected chi connectivity index (χ1v) is 8.00. The van der Waals surface area contributed by atoms with Crippen molar-refractivity contribution < 1.29 is 9.59 Å². The van der Waals surface area contributed by atoms with Crippen LogP contribution >= 0.6 is 15.9 Å². The Balaban J connectivity index is 1.45. The maximum absolute atomic E-state index is 12.2. The van der Waals surface area contributed by atoms with Gasteiger partial charge in [0.15, 0.2) is 0 Å². The Labute approximate surface area is 132 Å². The topological polar surface area (TPSA) is 61.4 Å². The average molecular weight is 352 g/mol. The van der Waals surface area contributed by atoms with Crippen LogP contribution in [0.25, 0.3) is 0 Å². The molecule has 0 aliphatic carbocycles. The summed E-state index contributed by atoms with van der Waals surface area (Å²) in [5, 5.41) is 6.24. The summed E-state index contributed by atoms with van der Waals surface area (Å²) in [6.07, 6.45) is 1.52. The molecule has 1 saturated heterocycles. The van der Waals surface area contributed by atoms with Gasteiger partial charge in [-0.1, -0.05) is 15.9 Å². The Morgan fingerprint density at radius 2 is 2.24 bits per heavy atom. The monoisotopic (exact) mass is 351 g/mol. The number of carbonyl (C=O) groups is 2. The Morgan fingerprint density at radius 1 is 1.38 bits per heavy atom. The van der Waals surface area contributed by atoms with E-state index >= 15 is 0 Å². The van der Waals surface area contributed by atoms with E-state index in [0.717, 1.165) is 35.1 Å². The number of benzene rings is 1. The summed E-state index contributed by atoms with van der Waals surface area (Å²) in [6, 6.07) is 6.03. The van der Waals surface area contributed by atoms with Crippen LogP contribution in [0.2, 0.25) is 0 Å². The van der Waals surface area contributed by atoms with Gasteiger partial charge in [0.25, 0.3) is 5.91 Å². The Bertz CT molecular complexity index is 576. The van der Waals surface area contributed by atoms with Crippen molar-refractivity contribution in [2.45, 2.75) is 25.4 Å². The van der Waals surface area contributed by atoms with Crippen molar-refractivity contribution in [1.29, 1.82) is 0 Å². The number of nitrogens with zero attached hydrogens (tertiary/aromatic N) is 1. The lowest BCUT2D eigenvalue weighted by molar-refractivity contribution is -0.119. The predicted molar refractivity (Wildman–Crippen MR) is 82.9 cm³/mol. The summed E-state index contributed by atoms with van der Waals surface area (Å²) in [5.41, 5.74) is 1.89. The molecule has 2 amide bonds. The molecule has 2 aliphatic rings. The van der Waals surface area contributed by atoms with E-state index in [1.807, 2.05) is 23.1 Å². The summed E-state index contributed by atoms with van der Waals surface area (Å²) in [6.45, 7) is 2.88. The normalized spacial score (nSPS) is 20.8. The van der Waals surface area contributed by atoms with Gasteiger partial charge in [-0.2, -0.15) is 0 Å². The molecule has 21 heavy (non-hydrogen) atoms. The Morgan fingerprint density at radius 3 is 3.00 bits per heavy atom. The molecule has 1 aromatic rings. The number of rotatable bonds is 5. The molecule has 2 aliphatic heterocycles. The van der Waals surface area contributed by atoms with E-state index in [1.165, 1.54) is 0 Å².